The number of carboxylic acids is 1. The first-order chi connectivity index (χ1) is 8.60. The van der Waals surface area contributed by atoms with Gasteiger partial charge in [0.2, 0.25) is 0 Å². The molecule has 0 saturated carbocycles. The number of carbonyl (C=O) groups is 1. The third-order valence-electron chi connectivity index (χ3n) is 2.90. The monoisotopic (exact) mass is 249 g/mol. The van der Waals surface area contributed by atoms with Crippen LogP contribution in [0.4, 0.5) is 0 Å². The molecule has 0 saturated heterocycles. The molecule has 2 heterocycles. The van der Waals surface area contributed by atoms with Gasteiger partial charge in [0.05, 0.1) is 13.2 Å². The van der Waals surface area contributed by atoms with E-state index < -0.39 is 5.97 Å². The number of nitrogens with zero attached hydrogens (tertiary/aromatic N) is 2. The predicted octanol–water partition coefficient (Wildman–Crippen LogP) is 1.32. The number of nitrogens with one attached hydrogen (secondary N) is 1. The van der Waals surface area contributed by atoms with E-state index in [1.54, 1.807) is 29.8 Å². The van der Waals surface area contributed by atoms with E-state index in [2.05, 4.69) is 10.3 Å². The largest absolute Gasteiger partial charge is 0.494 e. The number of rotatable bonds is 4. The smallest absolute Gasteiger partial charge is 0.356 e. The zero-order valence-corrected chi connectivity index (χ0v) is 10.5. The molecule has 96 valence electrons. The first kappa shape index (κ1) is 12.4. The van der Waals surface area contributed by atoms with E-state index in [4.69, 9.17) is 4.74 Å². The van der Waals surface area contributed by atoms with E-state index in [-0.39, 0.29) is 11.7 Å². The molecule has 0 amide bonds. The highest BCUT2D eigenvalue weighted by molar-refractivity contribution is 5.95. The Morgan fingerprint density at radius 1 is 1.61 bits per heavy atom. The first-order valence-electron chi connectivity index (χ1n) is 5.55. The minimum Gasteiger partial charge on any atom is -0.494 e. The second kappa shape index (κ2) is 4.66. The highest BCUT2D eigenvalue weighted by Gasteiger charge is 2.22. The molecule has 2 rings (SSSR count). The third kappa shape index (κ3) is 1.80. The van der Waals surface area contributed by atoms with Crippen molar-refractivity contribution >= 4 is 11.5 Å². The van der Waals surface area contributed by atoms with Gasteiger partial charge in [-0.25, -0.2) is 9.78 Å². The van der Waals surface area contributed by atoms with Crippen molar-refractivity contribution in [2.75, 3.05) is 14.2 Å². The van der Waals surface area contributed by atoms with Crippen LogP contribution in [0.3, 0.4) is 0 Å². The van der Waals surface area contributed by atoms with Gasteiger partial charge in [0.15, 0.2) is 5.69 Å². The molecule has 1 atom stereocenters. The van der Waals surface area contributed by atoms with Gasteiger partial charge in [0, 0.05) is 6.20 Å². The number of methoxy groups -OCH3 is 1. The lowest BCUT2D eigenvalue weighted by atomic mass is 10.3. The van der Waals surface area contributed by atoms with Crippen molar-refractivity contribution in [3.8, 4) is 5.75 Å². The van der Waals surface area contributed by atoms with Gasteiger partial charge in [-0.15, -0.1) is 0 Å². The molecule has 0 aliphatic heterocycles. The Bertz CT molecular complexity index is 592. The van der Waals surface area contributed by atoms with Crippen molar-refractivity contribution in [2.24, 2.45) is 0 Å². The fraction of sp³-hybridized carbons (Fsp3) is 0.333. The van der Waals surface area contributed by atoms with Crippen LogP contribution in [-0.2, 0) is 0 Å². The van der Waals surface area contributed by atoms with Crippen molar-refractivity contribution in [3.63, 3.8) is 0 Å². The van der Waals surface area contributed by atoms with Crippen LogP contribution in [0.5, 0.6) is 5.75 Å². The summed E-state index contributed by atoms with van der Waals surface area (Å²) in [5, 5.41) is 12.3. The Hall–Kier alpha value is -2.08. The normalized spacial score (nSPS) is 12.6. The van der Waals surface area contributed by atoms with Crippen LogP contribution >= 0.6 is 0 Å². The Morgan fingerprint density at radius 3 is 2.89 bits per heavy atom. The number of hydrogen-bond donors (Lipinski definition) is 2. The average molecular weight is 249 g/mol. The standard InChI is InChI=1S/C12H15N3O3/c1-7(13-2)11-14-9(12(16)17)10-8(18-3)5-4-6-15(10)11/h4-7,13H,1-3H3,(H,16,17). The molecule has 0 bridgehead atoms. The first-order valence-corrected chi connectivity index (χ1v) is 5.55. The maximum Gasteiger partial charge on any atom is 0.356 e. The Kier molecular flexibility index (Phi) is 3.20. The lowest BCUT2D eigenvalue weighted by Gasteiger charge is -2.09. The molecule has 0 aliphatic rings. The minimum atomic E-state index is -1.06. The lowest BCUT2D eigenvalue weighted by Crippen LogP contribution is -2.15. The molecule has 0 radical (unpaired) electrons. The quantitative estimate of drug-likeness (QED) is 0.854. The van der Waals surface area contributed by atoms with E-state index in [9.17, 15) is 9.90 Å². The summed E-state index contributed by atoms with van der Waals surface area (Å²) in [7, 11) is 3.31. The minimum absolute atomic E-state index is 0.00421. The van der Waals surface area contributed by atoms with Crippen molar-refractivity contribution in [2.45, 2.75) is 13.0 Å². The van der Waals surface area contributed by atoms with Crippen LogP contribution in [0, 0.1) is 0 Å². The molecular weight excluding hydrogens is 234 g/mol. The van der Waals surface area contributed by atoms with Gasteiger partial charge in [-0.05, 0) is 26.1 Å². The van der Waals surface area contributed by atoms with Crippen LogP contribution in [0.25, 0.3) is 5.52 Å². The summed E-state index contributed by atoms with van der Waals surface area (Å²) in [6.45, 7) is 1.92. The van der Waals surface area contributed by atoms with Gasteiger partial charge in [-0.1, -0.05) is 0 Å². The van der Waals surface area contributed by atoms with Crippen molar-refractivity contribution in [1.82, 2.24) is 14.7 Å². The molecule has 0 aliphatic carbocycles. The van der Waals surface area contributed by atoms with Crippen molar-refractivity contribution in [3.05, 3.63) is 29.8 Å². The summed E-state index contributed by atoms with van der Waals surface area (Å²) in [5.41, 5.74) is 0.481. The summed E-state index contributed by atoms with van der Waals surface area (Å²) in [6.07, 6.45) is 1.78. The molecule has 0 aromatic carbocycles. The Labute approximate surface area is 104 Å². The predicted molar refractivity (Wildman–Crippen MR) is 66.2 cm³/mol. The molecule has 2 aromatic rings. The number of aromatic carboxylic acids is 1. The average Bonchev–Trinajstić information content (AvgIpc) is 2.77. The second-order valence-corrected chi connectivity index (χ2v) is 3.93. The maximum absolute atomic E-state index is 11.3. The van der Waals surface area contributed by atoms with Crippen LogP contribution < -0.4 is 10.1 Å². The second-order valence-electron chi connectivity index (χ2n) is 3.93. The number of pyridine rings is 1. The Morgan fingerprint density at radius 2 is 2.33 bits per heavy atom. The summed E-state index contributed by atoms with van der Waals surface area (Å²) in [5.74, 6) is 0.0762. The topological polar surface area (TPSA) is 75.9 Å². The molecular formula is C12H15N3O3. The molecule has 6 nitrogen and oxygen atoms in total. The highest BCUT2D eigenvalue weighted by Crippen LogP contribution is 2.26. The summed E-state index contributed by atoms with van der Waals surface area (Å²) >= 11 is 0. The van der Waals surface area contributed by atoms with Gasteiger partial charge in [-0.2, -0.15) is 0 Å². The van der Waals surface area contributed by atoms with Gasteiger partial charge in [0.25, 0.3) is 0 Å². The van der Waals surface area contributed by atoms with Gasteiger partial charge in [0.1, 0.15) is 17.1 Å². The summed E-state index contributed by atoms with van der Waals surface area (Å²) in [4.78, 5) is 15.4. The van der Waals surface area contributed by atoms with Crippen molar-refractivity contribution < 1.29 is 14.6 Å². The fourth-order valence-electron chi connectivity index (χ4n) is 1.88. The molecule has 0 spiro atoms. The Balaban J connectivity index is 2.80. The number of fused-ring (bicyclic) bond motifs is 1. The third-order valence-corrected chi connectivity index (χ3v) is 2.90. The molecule has 18 heavy (non-hydrogen) atoms. The zero-order valence-electron chi connectivity index (χ0n) is 10.5. The summed E-state index contributed by atoms with van der Waals surface area (Å²) < 4.78 is 6.94. The molecule has 2 aromatic heterocycles. The van der Waals surface area contributed by atoms with Crippen molar-refractivity contribution in [1.29, 1.82) is 0 Å². The number of imidazole rings is 1. The maximum atomic E-state index is 11.3. The van der Waals surface area contributed by atoms with E-state index in [1.165, 1.54) is 7.11 Å². The molecule has 1 unspecified atom stereocenters. The van der Waals surface area contributed by atoms with Gasteiger partial charge < -0.3 is 15.2 Å². The van der Waals surface area contributed by atoms with E-state index in [0.717, 1.165) is 0 Å². The number of hydrogen-bond acceptors (Lipinski definition) is 4. The molecule has 6 heteroatoms. The highest BCUT2D eigenvalue weighted by atomic mass is 16.5. The van der Waals surface area contributed by atoms with E-state index >= 15 is 0 Å². The van der Waals surface area contributed by atoms with Crippen LogP contribution in [0.2, 0.25) is 0 Å². The van der Waals surface area contributed by atoms with E-state index in [1.807, 2.05) is 6.92 Å². The lowest BCUT2D eigenvalue weighted by molar-refractivity contribution is 0.0693. The zero-order chi connectivity index (χ0) is 13.3. The SMILES string of the molecule is CNC(C)c1nc(C(=O)O)c2c(OC)cccn12. The fourth-order valence-corrected chi connectivity index (χ4v) is 1.88. The number of aromatic nitrogens is 2. The van der Waals surface area contributed by atoms with Gasteiger partial charge >= 0.3 is 5.97 Å². The van der Waals surface area contributed by atoms with E-state index in [0.29, 0.717) is 17.1 Å². The molecule has 0 fully saturated rings. The van der Waals surface area contributed by atoms with Gasteiger partial charge in [-0.3, -0.25) is 4.40 Å². The van der Waals surface area contributed by atoms with Crippen LogP contribution in [0.1, 0.15) is 29.3 Å². The number of ether oxygens (including phenoxy) is 1. The number of carboxylic acid groups (broad SMARTS) is 1. The summed E-state index contributed by atoms with van der Waals surface area (Å²) in [6, 6.07) is 3.46. The molecule has 2 N–H and O–H groups in total. The van der Waals surface area contributed by atoms with Crippen LogP contribution in [0.15, 0.2) is 18.3 Å². The van der Waals surface area contributed by atoms with Crippen LogP contribution in [-0.4, -0.2) is 34.6 Å².